The summed E-state index contributed by atoms with van der Waals surface area (Å²) in [5, 5.41) is 15.1. The third-order valence-electron chi connectivity index (χ3n) is 5.14. The summed E-state index contributed by atoms with van der Waals surface area (Å²) in [5.41, 5.74) is 2.34. The summed E-state index contributed by atoms with van der Waals surface area (Å²) in [7, 11) is 0. The Hall–Kier alpha value is -3.26. The molecule has 0 spiro atoms. The number of carbonyl (C=O) groups is 2. The van der Waals surface area contributed by atoms with Crippen LogP contribution in [0.15, 0.2) is 48.0 Å². The molecule has 2 N–H and O–H groups in total. The van der Waals surface area contributed by atoms with Crippen molar-refractivity contribution in [2.45, 2.75) is 32.4 Å². The number of rotatable bonds is 5. The molecular weight excluding hydrogens is 405 g/mol. The topological polar surface area (TPSA) is 82.5 Å². The van der Waals surface area contributed by atoms with Crippen LogP contribution in [-0.4, -0.2) is 26.8 Å². The molecule has 0 saturated carbocycles. The van der Waals surface area contributed by atoms with Gasteiger partial charge in [-0.3, -0.25) is 14.9 Å². The fourth-order valence-corrected chi connectivity index (χ4v) is 4.09. The molecule has 0 aliphatic carbocycles. The number of fused-ring (bicyclic) bond motifs is 1. The lowest BCUT2D eigenvalue weighted by atomic mass is 9.98. The van der Waals surface area contributed by atoms with E-state index in [1.807, 2.05) is 32.0 Å². The summed E-state index contributed by atoms with van der Waals surface area (Å²) in [4.78, 5) is 31.8. The molecule has 8 heteroatoms. The number of halogens is 1. The summed E-state index contributed by atoms with van der Waals surface area (Å²) in [6, 6.07) is 7.82. The van der Waals surface area contributed by atoms with E-state index >= 15 is 0 Å². The Morgan fingerprint density at radius 3 is 2.77 bits per heavy atom. The molecule has 0 radical (unpaired) electrons. The first-order valence-corrected chi connectivity index (χ1v) is 10.4. The second-order valence-electron chi connectivity index (χ2n) is 7.44. The van der Waals surface area contributed by atoms with Gasteiger partial charge < -0.3 is 10.0 Å². The summed E-state index contributed by atoms with van der Waals surface area (Å²) < 4.78 is 14.0. The van der Waals surface area contributed by atoms with Crippen LogP contribution in [0.4, 0.5) is 9.52 Å². The normalized spacial score (nSPS) is 14.1. The molecule has 0 bridgehead atoms. The molecule has 0 saturated heterocycles. The number of amides is 2. The zero-order valence-electron chi connectivity index (χ0n) is 16.4. The van der Waals surface area contributed by atoms with Gasteiger partial charge in [0.1, 0.15) is 17.6 Å². The Morgan fingerprint density at radius 1 is 1.27 bits per heavy atom. The standard InChI is InChI=1S/C22H20FN3O3S/c1-12(2)13-3-4-14-11-26(21(29)16(14)9-13)19(17-10-15(23)5-6-18(17)27)20(28)25-22-24-7-8-30-22/h3-10,12,19,27H,11H2,1-2H3,(H,24,25,28). The van der Waals surface area contributed by atoms with Gasteiger partial charge in [0.2, 0.25) is 0 Å². The molecule has 154 valence electrons. The SMILES string of the molecule is CC(C)c1ccc2c(c1)C(=O)N(C(C(=O)Nc1nccs1)c1cc(F)ccc1O)C2. The van der Waals surface area contributed by atoms with Gasteiger partial charge in [0.15, 0.2) is 5.13 Å². The van der Waals surface area contributed by atoms with E-state index in [0.29, 0.717) is 10.7 Å². The number of phenols is 1. The number of carbonyl (C=O) groups excluding carboxylic acids is 2. The average molecular weight is 425 g/mol. The van der Waals surface area contributed by atoms with Crippen LogP contribution in [-0.2, 0) is 11.3 Å². The molecular formula is C22H20FN3O3S. The molecule has 2 aromatic carbocycles. The summed E-state index contributed by atoms with van der Waals surface area (Å²) >= 11 is 1.22. The van der Waals surface area contributed by atoms with Crippen molar-refractivity contribution in [1.82, 2.24) is 9.88 Å². The Bertz CT molecular complexity index is 1110. The second-order valence-corrected chi connectivity index (χ2v) is 8.33. The van der Waals surface area contributed by atoms with Crippen molar-refractivity contribution >= 4 is 28.3 Å². The molecule has 3 aromatic rings. The zero-order valence-corrected chi connectivity index (χ0v) is 17.2. The second kappa shape index (κ2) is 7.87. The van der Waals surface area contributed by atoms with E-state index in [2.05, 4.69) is 10.3 Å². The molecule has 4 rings (SSSR count). The number of hydrogen-bond donors (Lipinski definition) is 2. The first-order valence-electron chi connectivity index (χ1n) is 9.47. The zero-order chi connectivity index (χ0) is 21.4. The Labute approximate surface area is 177 Å². The number of phenolic OH excluding ortho intramolecular Hbond substituents is 1. The molecule has 1 aromatic heterocycles. The highest BCUT2D eigenvalue weighted by molar-refractivity contribution is 7.13. The third kappa shape index (κ3) is 3.66. The molecule has 30 heavy (non-hydrogen) atoms. The highest BCUT2D eigenvalue weighted by Gasteiger charge is 2.39. The number of benzene rings is 2. The minimum absolute atomic E-state index is 0.0225. The molecule has 2 amide bonds. The predicted octanol–water partition coefficient (Wildman–Crippen LogP) is 4.45. The highest BCUT2D eigenvalue weighted by atomic mass is 32.1. The quantitative estimate of drug-likeness (QED) is 0.633. The van der Waals surface area contributed by atoms with Crippen LogP contribution in [0.3, 0.4) is 0 Å². The van der Waals surface area contributed by atoms with Gasteiger partial charge in [-0.15, -0.1) is 11.3 Å². The third-order valence-corrected chi connectivity index (χ3v) is 5.83. The highest BCUT2D eigenvalue weighted by Crippen LogP contribution is 2.37. The molecule has 6 nitrogen and oxygen atoms in total. The van der Waals surface area contributed by atoms with Gasteiger partial charge in [-0.1, -0.05) is 26.0 Å². The molecule has 1 aliphatic rings. The number of aromatic hydroxyl groups is 1. The van der Waals surface area contributed by atoms with Gasteiger partial charge in [0, 0.05) is 29.2 Å². The van der Waals surface area contributed by atoms with Gasteiger partial charge in [-0.25, -0.2) is 9.37 Å². The Balaban J connectivity index is 1.75. The maximum Gasteiger partial charge on any atom is 0.255 e. The van der Waals surface area contributed by atoms with Gasteiger partial charge in [-0.2, -0.15) is 0 Å². The number of hydrogen-bond acceptors (Lipinski definition) is 5. The molecule has 2 heterocycles. The van der Waals surface area contributed by atoms with Crippen molar-refractivity contribution < 1.29 is 19.1 Å². The predicted molar refractivity (Wildman–Crippen MR) is 112 cm³/mol. The van der Waals surface area contributed by atoms with E-state index in [4.69, 9.17) is 0 Å². The van der Waals surface area contributed by atoms with Crippen LogP contribution in [0.2, 0.25) is 0 Å². The number of anilines is 1. The minimum Gasteiger partial charge on any atom is -0.508 e. The maximum absolute atomic E-state index is 14.0. The first-order chi connectivity index (χ1) is 14.3. The lowest BCUT2D eigenvalue weighted by molar-refractivity contribution is -0.120. The van der Waals surface area contributed by atoms with Gasteiger partial charge in [0.05, 0.1) is 0 Å². The molecule has 1 atom stereocenters. The van der Waals surface area contributed by atoms with E-state index in [-0.39, 0.29) is 29.7 Å². The fourth-order valence-electron chi connectivity index (χ4n) is 3.56. The van der Waals surface area contributed by atoms with Crippen LogP contribution >= 0.6 is 11.3 Å². The molecule has 1 unspecified atom stereocenters. The smallest absolute Gasteiger partial charge is 0.255 e. The fraction of sp³-hybridized carbons (Fsp3) is 0.227. The lowest BCUT2D eigenvalue weighted by Crippen LogP contribution is -2.37. The van der Waals surface area contributed by atoms with E-state index < -0.39 is 17.8 Å². The largest absolute Gasteiger partial charge is 0.508 e. The first kappa shape index (κ1) is 20.0. The number of thiazole rings is 1. The van der Waals surface area contributed by atoms with Crippen LogP contribution in [0.25, 0.3) is 0 Å². The van der Waals surface area contributed by atoms with Crippen molar-refractivity contribution in [2.24, 2.45) is 0 Å². The van der Waals surface area contributed by atoms with E-state index in [1.165, 1.54) is 22.3 Å². The molecule has 0 fully saturated rings. The average Bonchev–Trinajstić information content (AvgIpc) is 3.33. The lowest BCUT2D eigenvalue weighted by Gasteiger charge is -2.27. The maximum atomic E-state index is 14.0. The van der Waals surface area contributed by atoms with Crippen molar-refractivity contribution in [2.75, 3.05) is 5.32 Å². The van der Waals surface area contributed by atoms with Crippen molar-refractivity contribution in [3.05, 3.63) is 76.0 Å². The summed E-state index contributed by atoms with van der Waals surface area (Å²) in [6.45, 7) is 4.25. The summed E-state index contributed by atoms with van der Waals surface area (Å²) in [5.74, 6) is -1.54. The Morgan fingerprint density at radius 2 is 2.07 bits per heavy atom. The van der Waals surface area contributed by atoms with E-state index in [1.54, 1.807) is 11.6 Å². The van der Waals surface area contributed by atoms with Gasteiger partial charge >= 0.3 is 0 Å². The van der Waals surface area contributed by atoms with Gasteiger partial charge in [0.25, 0.3) is 11.8 Å². The number of nitrogens with zero attached hydrogens (tertiary/aromatic N) is 2. The van der Waals surface area contributed by atoms with Crippen LogP contribution in [0.5, 0.6) is 5.75 Å². The Kier molecular flexibility index (Phi) is 5.26. The van der Waals surface area contributed by atoms with Gasteiger partial charge in [-0.05, 0) is 41.3 Å². The van der Waals surface area contributed by atoms with Crippen LogP contribution in [0.1, 0.15) is 52.9 Å². The monoisotopic (exact) mass is 425 g/mol. The van der Waals surface area contributed by atoms with Crippen LogP contribution in [0, 0.1) is 5.82 Å². The molecule has 1 aliphatic heterocycles. The minimum atomic E-state index is -1.22. The van der Waals surface area contributed by atoms with Crippen molar-refractivity contribution in [3.63, 3.8) is 0 Å². The van der Waals surface area contributed by atoms with E-state index in [9.17, 15) is 19.1 Å². The van der Waals surface area contributed by atoms with E-state index in [0.717, 1.165) is 23.3 Å². The van der Waals surface area contributed by atoms with Crippen LogP contribution < -0.4 is 5.32 Å². The summed E-state index contributed by atoms with van der Waals surface area (Å²) in [6.07, 6.45) is 1.54. The van der Waals surface area contributed by atoms with Crippen molar-refractivity contribution in [3.8, 4) is 5.75 Å². The van der Waals surface area contributed by atoms with Crippen molar-refractivity contribution in [1.29, 1.82) is 0 Å². The number of aromatic nitrogens is 1. The number of nitrogens with one attached hydrogen (secondary N) is 1.